The fourth-order valence-corrected chi connectivity index (χ4v) is 1.95. The van der Waals surface area contributed by atoms with Crippen molar-refractivity contribution in [3.8, 4) is 0 Å². The Hall–Kier alpha value is -2.37. The first-order chi connectivity index (χ1) is 9.04. The van der Waals surface area contributed by atoms with E-state index in [-0.39, 0.29) is 18.2 Å². The first-order valence-corrected chi connectivity index (χ1v) is 6.02. The normalized spacial score (nSPS) is 17.9. The lowest BCUT2D eigenvalue weighted by Gasteiger charge is -2.11. The third kappa shape index (κ3) is 3.54. The fraction of sp³-hybridized carbons (Fsp3) is 0.308. The molecule has 1 aliphatic heterocycles. The molecular formula is C13H15N3O3. The van der Waals surface area contributed by atoms with Gasteiger partial charge in [0, 0.05) is 12.1 Å². The number of anilines is 1. The Balaban J connectivity index is 1.94. The first kappa shape index (κ1) is 13.1. The van der Waals surface area contributed by atoms with E-state index in [9.17, 15) is 14.4 Å². The van der Waals surface area contributed by atoms with Crippen molar-refractivity contribution in [2.45, 2.75) is 25.3 Å². The lowest BCUT2D eigenvalue weighted by molar-refractivity contribution is -0.122. The molecule has 0 spiro atoms. The highest BCUT2D eigenvalue weighted by atomic mass is 16.2. The first-order valence-electron chi connectivity index (χ1n) is 6.02. The van der Waals surface area contributed by atoms with Gasteiger partial charge in [0.25, 0.3) is 0 Å². The predicted molar refractivity (Wildman–Crippen MR) is 69.1 cm³/mol. The minimum absolute atomic E-state index is 0.100. The molecule has 0 saturated carbocycles. The summed E-state index contributed by atoms with van der Waals surface area (Å²) in [5.74, 6) is -0.726. The molecular weight excluding hydrogens is 246 g/mol. The molecule has 1 aliphatic rings. The van der Waals surface area contributed by atoms with Gasteiger partial charge in [0.15, 0.2) is 0 Å². The molecule has 6 heteroatoms. The Labute approximate surface area is 110 Å². The number of nitrogens with two attached hydrogens (primary N) is 1. The van der Waals surface area contributed by atoms with E-state index < -0.39 is 11.9 Å². The molecule has 0 aromatic heterocycles. The molecule has 4 N–H and O–H groups in total. The van der Waals surface area contributed by atoms with E-state index in [4.69, 9.17) is 5.73 Å². The van der Waals surface area contributed by atoms with Crippen LogP contribution in [0.3, 0.4) is 0 Å². The van der Waals surface area contributed by atoms with Crippen molar-refractivity contribution in [2.75, 3.05) is 5.32 Å². The van der Waals surface area contributed by atoms with E-state index >= 15 is 0 Å². The number of hydrogen-bond acceptors (Lipinski definition) is 3. The van der Waals surface area contributed by atoms with Crippen molar-refractivity contribution >= 4 is 23.4 Å². The van der Waals surface area contributed by atoms with Gasteiger partial charge in [-0.15, -0.1) is 0 Å². The maximum Gasteiger partial charge on any atom is 0.246 e. The summed E-state index contributed by atoms with van der Waals surface area (Å²) in [4.78, 5) is 33.6. The number of amides is 3. The molecule has 1 aromatic carbocycles. The molecule has 1 saturated heterocycles. The highest BCUT2D eigenvalue weighted by Gasteiger charge is 2.26. The molecule has 0 aliphatic carbocycles. The third-order valence-electron chi connectivity index (χ3n) is 2.91. The SMILES string of the molecule is NC(=O)Cc1ccc(NC(=O)C2CCC(=O)N2)cc1. The summed E-state index contributed by atoms with van der Waals surface area (Å²) in [5.41, 5.74) is 6.51. The van der Waals surface area contributed by atoms with Crippen molar-refractivity contribution in [1.82, 2.24) is 5.32 Å². The molecule has 19 heavy (non-hydrogen) atoms. The lowest BCUT2D eigenvalue weighted by atomic mass is 10.1. The zero-order valence-electron chi connectivity index (χ0n) is 10.3. The Kier molecular flexibility index (Phi) is 3.79. The van der Waals surface area contributed by atoms with Crippen LogP contribution in [0.1, 0.15) is 18.4 Å². The fourth-order valence-electron chi connectivity index (χ4n) is 1.95. The standard InChI is InChI=1S/C13H15N3O3/c14-11(17)7-8-1-3-9(4-2-8)15-13(19)10-5-6-12(18)16-10/h1-4,10H,5-7H2,(H2,14,17)(H,15,19)(H,16,18). The third-order valence-corrected chi connectivity index (χ3v) is 2.91. The summed E-state index contributed by atoms with van der Waals surface area (Å²) >= 11 is 0. The number of carbonyl (C=O) groups excluding carboxylic acids is 3. The Morgan fingerprint density at radius 2 is 2.00 bits per heavy atom. The van der Waals surface area contributed by atoms with Crippen LogP contribution in [0.25, 0.3) is 0 Å². The van der Waals surface area contributed by atoms with Crippen LogP contribution in [0.15, 0.2) is 24.3 Å². The predicted octanol–water partition coefficient (Wildman–Crippen LogP) is -0.0685. The second-order valence-corrected chi connectivity index (χ2v) is 4.49. The van der Waals surface area contributed by atoms with Crippen molar-refractivity contribution in [3.63, 3.8) is 0 Å². The molecule has 1 unspecified atom stereocenters. The highest BCUT2D eigenvalue weighted by molar-refractivity contribution is 5.99. The zero-order valence-corrected chi connectivity index (χ0v) is 10.3. The molecule has 3 amide bonds. The quantitative estimate of drug-likeness (QED) is 0.707. The Morgan fingerprint density at radius 1 is 1.32 bits per heavy atom. The molecule has 0 bridgehead atoms. The van der Waals surface area contributed by atoms with Gasteiger partial charge in [-0.05, 0) is 24.1 Å². The van der Waals surface area contributed by atoms with Gasteiger partial charge in [0.1, 0.15) is 6.04 Å². The number of hydrogen-bond donors (Lipinski definition) is 3. The van der Waals surface area contributed by atoms with Crippen LogP contribution in [0.2, 0.25) is 0 Å². The molecule has 100 valence electrons. The number of carbonyl (C=O) groups is 3. The minimum atomic E-state index is -0.460. The average Bonchev–Trinajstić information content (AvgIpc) is 2.78. The van der Waals surface area contributed by atoms with E-state index in [1.807, 2.05) is 0 Å². The smallest absolute Gasteiger partial charge is 0.246 e. The van der Waals surface area contributed by atoms with E-state index in [0.717, 1.165) is 5.56 Å². The van der Waals surface area contributed by atoms with Crippen LogP contribution in [0, 0.1) is 0 Å². The van der Waals surface area contributed by atoms with Gasteiger partial charge >= 0.3 is 0 Å². The summed E-state index contributed by atoms with van der Waals surface area (Å²) in [7, 11) is 0. The van der Waals surface area contributed by atoms with Gasteiger partial charge in [-0.25, -0.2) is 0 Å². The molecule has 1 atom stereocenters. The Bertz CT molecular complexity index is 510. The Morgan fingerprint density at radius 3 is 2.53 bits per heavy atom. The van der Waals surface area contributed by atoms with Gasteiger partial charge in [0.05, 0.1) is 6.42 Å². The highest BCUT2D eigenvalue weighted by Crippen LogP contribution is 2.13. The monoisotopic (exact) mass is 261 g/mol. The second kappa shape index (κ2) is 5.51. The summed E-state index contributed by atoms with van der Waals surface area (Å²) in [6.07, 6.45) is 1.08. The van der Waals surface area contributed by atoms with E-state index in [0.29, 0.717) is 18.5 Å². The number of rotatable bonds is 4. The molecule has 1 heterocycles. The number of benzene rings is 1. The number of nitrogens with one attached hydrogen (secondary N) is 2. The van der Waals surface area contributed by atoms with Crippen molar-refractivity contribution in [1.29, 1.82) is 0 Å². The topological polar surface area (TPSA) is 101 Å². The van der Waals surface area contributed by atoms with Crippen LogP contribution < -0.4 is 16.4 Å². The second-order valence-electron chi connectivity index (χ2n) is 4.49. The molecule has 2 rings (SSSR count). The summed E-state index contributed by atoms with van der Waals surface area (Å²) < 4.78 is 0. The van der Waals surface area contributed by atoms with Gasteiger partial charge in [-0.2, -0.15) is 0 Å². The van der Waals surface area contributed by atoms with E-state index in [1.165, 1.54) is 0 Å². The van der Waals surface area contributed by atoms with Gasteiger partial charge in [0.2, 0.25) is 17.7 Å². The molecule has 1 aromatic rings. The van der Waals surface area contributed by atoms with Crippen LogP contribution in [0.5, 0.6) is 0 Å². The minimum Gasteiger partial charge on any atom is -0.369 e. The van der Waals surface area contributed by atoms with E-state index in [2.05, 4.69) is 10.6 Å². The zero-order chi connectivity index (χ0) is 13.8. The van der Waals surface area contributed by atoms with Crippen molar-refractivity contribution in [3.05, 3.63) is 29.8 Å². The van der Waals surface area contributed by atoms with Gasteiger partial charge < -0.3 is 16.4 Å². The largest absolute Gasteiger partial charge is 0.369 e. The van der Waals surface area contributed by atoms with Gasteiger partial charge in [-0.3, -0.25) is 14.4 Å². The van der Waals surface area contributed by atoms with Crippen LogP contribution >= 0.6 is 0 Å². The average molecular weight is 261 g/mol. The van der Waals surface area contributed by atoms with Crippen LogP contribution in [0.4, 0.5) is 5.69 Å². The van der Waals surface area contributed by atoms with E-state index in [1.54, 1.807) is 24.3 Å². The van der Waals surface area contributed by atoms with Crippen LogP contribution in [-0.2, 0) is 20.8 Å². The maximum atomic E-state index is 11.8. The molecule has 1 fully saturated rings. The van der Waals surface area contributed by atoms with Gasteiger partial charge in [-0.1, -0.05) is 12.1 Å². The summed E-state index contributed by atoms with van der Waals surface area (Å²) in [6, 6.07) is 6.40. The van der Waals surface area contributed by atoms with Crippen molar-refractivity contribution in [2.24, 2.45) is 5.73 Å². The summed E-state index contributed by atoms with van der Waals surface area (Å²) in [5, 5.41) is 5.31. The molecule has 0 radical (unpaired) electrons. The lowest BCUT2D eigenvalue weighted by Crippen LogP contribution is -2.37. The number of primary amides is 1. The van der Waals surface area contributed by atoms with Crippen LogP contribution in [-0.4, -0.2) is 23.8 Å². The maximum absolute atomic E-state index is 11.8. The molecule has 6 nitrogen and oxygen atoms in total. The van der Waals surface area contributed by atoms with Crippen molar-refractivity contribution < 1.29 is 14.4 Å². The summed E-state index contributed by atoms with van der Waals surface area (Å²) in [6.45, 7) is 0.